The van der Waals surface area contributed by atoms with Crippen LogP contribution in [0.4, 0.5) is 5.69 Å². The molecular weight excluding hydrogens is 408 g/mol. The first-order valence-corrected chi connectivity index (χ1v) is 11.5. The molecular formula is C25H22N2OS2. The second-order valence-electron chi connectivity index (χ2n) is 7.08. The maximum absolute atomic E-state index is 13.3. The highest BCUT2D eigenvalue weighted by Crippen LogP contribution is 2.39. The van der Waals surface area contributed by atoms with Crippen LogP contribution in [0.25, 0.3) is 11.3 Å². The second kappa shape index (κ2) is 9.28. The van der Waals surface area contributed by atoms with Crippen molar-refractivity contribution in [2.45, 2.75) is 23.4 Å². The van der Waals surface area contributed by atoms with Gasteiger partial charge in [0, 0.05) is 16.6 Å². The third-order valence-corrected chi connectivity index (χ3v) is 6.99. The minimum absolute atomic E-state index is 0.0450. The molecule has 1 heterocycles. The third kappa shape index (κ3) is 4.81. The lowest BCUT2D eigenvalue weighted by atomic mass is 10.1. The highest BCUT2D eigenvalue weighted by Gasteiger charge is 2.24. The Balaban J connectivity index is 1.60. The zero-order chi connectivity index (χ0) is 20.9. The van der Waals surface area contributed by atoms with Crippen LogP contribution in [0.15, 0.2) is 88.6 Å². The number of benzene rings is 3. The summed E-state index contributed by atoms with van der Waals surface area (Å²) < 4.78 is 0.874. The van der Waals surface area contributed by atoms with Crippen LogP contribution in [-0.2, 0) is 4.79 Å². The second-order valence-corrected chi connectivity index (χ2v) is 9.29. The number of aryl methyl sites for hydroxylation is 2. The van der Waals surface area contributed by atoms with Gasteiger partial charge in [-0.05, 0) is 36.6 Å². The molecule has 0 saturated carbocycles. The molecule has 1 N–H and O–H groups in total. The molecule has 0 radical (unpaired) electrons. The molecule has 3 aromatic carbocycles. The summed E-state index contributed by atoms with van der Waals surface area (Å²) in [6.45, 7) is 4.03. The van der Waals surface area contributed by atoms with Crippen molar-refractivity contribution in [1.29, 1.82) is 0 Å². The summed E-state index contributed by atoms with van der Waals surface area (Å²) in [5, 5.41) is 4.78. The number of thioether (sulfide) groups is 1. The van der Waals surface area contributed by atoms with E-state index in [1.165, 1.54) is 11.8 Å². The number of nitrogens with zero attached hydrogens (tertiary/aromatic N) is 1. The molecule has 5 heteroatoms. The van der Waals surface area contributed by atoms with Crippen LogP contribution in [0, 0.1) is 13.8 Å². The van der Waals surface area contributed by atoms with Gasteiger partial charge >= 0.3 is 0 Å². The van der Waals surface area contributed by atoms with Gasteiger partial charge in [-0.3, -0.25) is 4.79 Å². The molecule has 0 saturated heterocycles. The standard InChI is InChI=1S/C25H22N2OS2/c1-17-13-14-18(2)21(15-17)26-24(28)23(20-11-7-4-8-12-20)30-25-27-22(16-29-25)19-9-5-3-6-10-19/h3-16,23H,1-2H3,(H,26,28). The number of nitrogens with one attached hydrogen (secondary N) is 1. The quantitative estimate of drug-likeness (QED) is 0.338. The molecule has 0 aliphatic heterocycles. The molecule has 3 nitrogen and oxygen atoms in total. The molecule has 1 unspecified atom stereocenters. The van der Waals surface area contributed by atoms with Crippen molar-refractivity contribution < 1.29 is 4.79 Å². The van der Waals surface area contributed by atoms with E-state index in [0.29, 0.717) is 0 Å². The van der Waals surface area contributed by atoms with E-state index >= 15 is 0 Å². The molecule has 0 fully saturated rings. The van der Waals surface area contributed by atoms with E-state index in [4.69, 9.17) is 4.98 Å². The molecule has 30 heavy (non-hydrogen) atoms. The highest BCUT2D eigenvalue weighted by atomic mass is 32.2. The van der Waals surface area contributed by atoms with E-state index < -0.39 is 0 Å². The normalized spacial score (nSPS) is 11.8. The van der Waals surface area contributed by atoms with Crippen LogP contribution in [-0.4, -0.2) is 10.9 Å². The molecule has 4 rings (SSSR count). The van der Waals surface area contributed by atoms with Gasteiger partial charge in [-0.15, -0.1) is 11.3 Å². The number of hydrogen-bond donors (Lipinski definition) is 1. The fraction of sp³-hybridized carbons (Fsp3) is 0.120. The Morgan fingerprint density at radius 3 is 2.40 bits per heavy atom. The first-order chi connectivity index (χ1) is 14.6. The summed E-state index contributed by atoms with van der Waals surface area (Å²) in [5.41, 5.74) is 5.99. The highest BCUT2D eigenvalue weighted by molar-refractivity contribution is 8.01. The first-order valence-electron chi connectivity index (χ1n) is 9.71. The van der Waals surface area contributed by atoms with Crippen molar-refractivity contribution >= 4 is 34.7 Å². The SMILES string of the molecule is Cc1ccc(C)c(NC(=O)C(Sc2nc(-c3ccccc3)cs2)c2ccccc2)c1. The number of hydrogen-bond acceptors (Lipinski definition) is 4. The maximum Gasteiger partial charge on any atom is 0.242 e. The molecule has 1 amide bonds. The Morgan fingerprint density at radius 2 is 1.67 bits per heavy atom. The van der Waals surface area contributed by atoms with Gasteiger partial charge in [0.1, 0.15) is 5.25 Å². The summed E-state index contributed by atoms with van der Waals surface area (Å²) in [6, 6.07) is 26.1. The largest absolute Gasteiger partial charge is 0.325 e. The number of anilines is 1. The van der Waals surface area contributed by atoms with Crippen molar-refractivity contribution in [2.24, 2.45) is 0 Å². The maximum atomic E-state index is 13.3. The fourth-order valence-corrected chi connectivity index (χ4v) is 5.14. The van der Waals surface area contributed by atoms with Gasteiger partial charge < -0.3 is 5.32 Å². The third-order valence-electron chi connectivity index (χ3n) is 4.76. The van der Waals surface area contributed by atoms with E-state index in [1.54, 1.807) is 11.3 Å². The van der Waals surface area contributed by atoms with Crippen molar-refractivity contribution in [2.75, 3.05) is 5.32 Å². The van der Waals surface area contributed by atoms with Gasteiger partial charge in [-0.1, -0.05) is 84.6 Å². The predicted octanol–water partition coefficient (Wildman–Crippen LogP) is 6.90. The minimum Gasteiger partial charge on any atom is -0.325 e. The lowest BCUT2D eigenvalue weighted by Crippen LogP contribution is -2.19. The van der Waals surface area contributed by atoms with Crippen LogP contribution in [0.5, 0.6) is 0 Å². The average molecular weight is 431 g/mol. The average Bonchev–Trinajstić information content (AvgIpc) is 3.24. The topological polar surface area (TPSA) is 42.0 Å². The van der Waals surface area contributed by atoms with Gasteiger partial charge in [0.25, 0.3) is 0 Å². The van der Waals surface area contributed by atoms with Gasteiger partial charge in [0.05, 0.1) is 5.69 Å². The van der Waals surface area contributed by atoms with Crippen LogP contribution < -0.4 is 5.32 Å². The Hall–Kier alpha value is -2.89. The molecule has 150 valence electrons. The molecule has 1 aromatic heterocycles. The minimum atomic E-state index is -0.388. The predicted molar refractivity (Wildman–Crippen MR) is 127 cm³/mol. The van der Waals surface area contributed by atoms with Gasteiger partial charge in [-0.25, -0.2) is 4.98 Å². The van der Waals surface area contributed by atoms with E-state index in [2.05, 4.69) is 11.4 Å². The summed E-state index contributed by atoms with van der Waals surface area (Å²) >= 11 is 3.06. The number of rotatable bonds is 6. The Kier molecular flexibility index (Phi) is 6.31. The molecule has 0 spiro atoms. The van der Waals surface area contributed by atoms with Gasteiger partial charge in [0.15, 0.2) is 4.34 Å². The van der Waals surface area contributed by atoms with Crippen molar-refractivity contribution in [3.05, 3.63) is 101 Å². The van der Waals surface area contributed by atoms with Crippen molar-refractivity contribution in [1.82, 2.24) is 4.98 Å². The monoisotopic (exact) mass is 430 g/mol. The van der Waals surface area contributed by atoms with Crippen LogP contribution >= 0.6 is 23.1 Å². The van der Waals surface area contributed by atoms with Crippen LogP contribution in [0.1, 0.15) is 21.9 Å². The molecule has 4 aromatic rings. The number of aromatic nitrogens is 1. The Labute approximate surface area is 185 Å². The smallest absolute Gasteiger partial charge is 0.242 e. The summed E-state index contributed by atoms with van der Waals surface area (Å²) in [6.07, 6.45) is 0. The Bertz CT molecular complexity index is 1140. The van der Waals surface area contributed by atoms with Gasteiger partial charge in [0.2, 0.25) is 5.91 Å². The zero-order valence-electron chi connectivity index (χ0n) is 16.8. The van der Waals surface area contributed by atoms with Crippen LogP contribution in [0.2, 0.25) is 0 Å². The van der Waals surface area contributed by atoms with E-state index in [1.807, 2.05) is 92.0 Å². The van der Waals surface area contributed by atoms with Crippen molar-refractivity contribution in [3.8, 4) is 11.3 Å². The number of carbonyl (C=O) groups is 1. The Morgan fingerprint density at radius 1 is 0.967 bits per heavy atom. The lowest BCUT2D eigenvalue weighted by Gasteiger charge is -2.17. The van der Waals surface area contributed by atoms with E-state index in [0.717, 1.165) is 38.0 Å². The lowest BCUT2D eigenvalue weighted by molar-refractivity contribution is -0.115. The van der Waals surface area contributed by atoms with E-state index in [9.17, 15) is 4.79 Å². The fourth-order valence-electron chi connectivity index (χ4n) is 3.12. The molecule has 0 aliphatic carbocycles. The number of amides is 1. The zero-order valence-corrected chi connectivity index (χ0v) is 18.5. The molecule has 0 bridgehead atoms. The van der Waals surface area contributed by atoms with Crippen molar-refractivity contribution in [3.63, 3.8) is 0 Å². The first kappa shape index (κ1) is 20.4. The van der Waals surface area contributed by atoms with Crippen LogP contribution in [0.3, 0.4) is 0 Å². The summed E-state index contributed by atoms with van der Waals surface area (Å²) in [7, 11) is 0. The van der Waals surface area contributed by atoms with E-state index in [-0.39, 0.29) is 11.2 Å². The summed E-state index contributed by atoms with van der Waals surface area (Å²) in [5.74, 6) is -0.0450. The summed E-state index contributed by atoms with van der Waals surface area (Å²) in [4.78, 5) is 18.1. The van der Waals surface area contributed by atoms with Gasteiger partial charge in [-0.2, -0.15) is 0 Å². The molecule has 1 atom stereocenters. The number of carbonyl (C=O) groups excluding carboxylic acids is 1. The number of thiazole rings is 1. The molecule has 0 aliphatic rings.